The zero-order chi connectivity index (χ0) is 11.1. The maximum atomic E-state index is 11.2. The minimum Gasteiger partial charge on any atom is -0.341 e. The number of carbonyl (C=O) groups excluding carboxylic acids is 2. The first kappa shape index (κ1) is 11.2. The molecule has 1 amide bonds. The summed E-state index contributed by atoms with van der Waals surface area (Å²) in [6, 6.07) is 9.24. The Morgan fingerprint density at radius 1 is 1.27 bits per heavy atom. The first-order valence-corrected chi connectivity index (χ1v) is 4.74. The van der Waals surface area contributed by atoms with E-state index in [4.69, 9.17) is 0 Å². The third kappa shape index (κ3) is 4.26. The molecule has 0 saturated carbocycles. The lowest BCUT2D eigenvalue weighted by Gasteiger charge is -2.04. The minimum absolute atomic E-state index is 0.206. The molecule has 4 heteroatoms. The second kappa shape index (κ2) is 5.80. The molecule has 0 radical (unpaired) electrons. The van der Waals surface area contributed by atoms with Crippen LogP contribution in [-0.4, -0.2) is 11.9 Å². The van der Waals surface area contributed by atoms with Crippen molar-refractivity contribution in [3.05, 3.63) is 35.9 Å². The third-order valence-corrected chi connectivity index (χ3v) is 1.77. The first-order valence-electron chi connectivity index (χ1n) is 4.74. The topological polar surface area (TPSA) is 55.4 Å². The summed E-state index contributed by atoms with van der Waals surface area (Å²) in [5, 5.41) is 0. The molecule has 1 aromatic rings. The van der Waals surface area contributed by atoms with Gasteiger partial charge in [-0.1, -0.05) is 37.3 Å². The van der Waals surface area contributed by atoms with Crippen LogP contribution in [0.3, 0.4) is 0 Å². The molecular formula is C11H13NO3. The van der Waals surface area contributed by atoms with Crippen LogP contribution in [0.2, 0.25) is 0 Å². The number of amides is 1. The van der Waals surface area contributed by atoms with Crippen LogP contribution in [0.1, 0.15) is 18.9 Å². The van der Waals surface area contributed by atoms with Gasteiger partial charge in [-0.05, 0) is 5.56 Å². The van der Waals surface area contributed by atoms with Gasteiger partial charge in [0.1, 0.15) is 0 Å². The van der Waals surface area contributed by atoms with Crippen LogP contribution in [0, 0.1) is 0 Å². The van der Waals surface area contributed by atoms with Gasteiger partial charge in [0.2, 0.25) is 0 Å². The van der Waals surface area contributed by atoms with Crippen LogP contribution >= 0.6 is 0 Å². The van der Waals surface area contributed by atoms with Crippen molar-refractivity contribution in [2.45, 2.75) is 19.8 Å². The summed E-state index contributed by atoms with van der Waals surface area (Å²) in [6.45, 7) is 1.66. The van der Waals surface area contributed by atoms with Crippen molar-refractivity contribution in [1.29, 1.82) is 0 Å². The molecule has 0 aliphatic heterocycles. The maximum absolute atomic E-state index is 11.2. The molecule has 15 heavy (non-hydrogen) atoms. The minimum atomic E-state index is -0.448. The molecule has 80 valence electrons. The van der Waals surface area contributed by atoms with Gasteiger partial charge >= 0.3 is 5.97 Å². The summed E-state index contributed by atoms with van der Waals surface area (Å²) in [7, 11) is 0. The number of benzene rings is 1. The molecule has 1 rings (SSSR count). The fourth-order valence-electron chi connectivity index (χ4n) is 1.00. The molecule has 0 spiro atoms. The van der Waals surface area contributed by atoms with Crippen LogP contribution in [-0.2, 0) is 20.8 Å². The summed E-state index contributed by atoms with van der Waals surface area (Å²) in [6.07, 6.45) is 0.448. The van der Waals surface area contributed by atoms with E-state index in [1.807, 2.05) is 30.3 Å². The average molecular weight is 207 g/mol. The van der Waals surface area contributed by atoms with E-state index in [1.165, 1.54) is 0 Å². The Bertz CT molecular complexity index is 335. The van der Waals surface area contributed by atoms with Crippen LogP contribution in [0.15, 0.2) is 30.3 Å². The van der Waals surface area contributed by atoms with Gasteiger partial charge in [-0.15, -0.1) is 0 Å². The molecule has 0 bridgehead atoms. The molecule has 4 nitrogen and oxygen atoms in total. The van der Waals surface area contributed by atoms with Crippen LogP contribution in [0.25, 0.3) is 0 Å². The zero-order valence-corrected chi connectivity index (χ0v) is 8.53. The molecule has 0 atom stereocenters. The molecule has 0 saturated heterocycles. The van der Waals surface area contributed by atoms with Gasteiger partial charge in [0.05, 0.1) is 6.42 Å². The van der Waals surface area contributed by atoms with Gasteiger partial charge in [0.25, 0.3) is 5.91 Å². The van der Waals surface area contributed by atoms with Crippen LogP contribution < -0.4 is 5.48 Å². The SMILES string of the molecule is CCC(=O)ONC(=O)Cc1ccccc1. The van der Waals surface area contributed by atoms with Gasteiger partial charge in [-0.25, -0.2) is 4.79 Å². The van der Waals surface area contributed by atoms with Crippen LogP contribution in [0.4, 0.5) is 0 Å². The van der Waals surface area contributed by atoms with Crippen molar-refractivity contribution >= 4 is 11.9 Å². The van der Waals surface area contributed by atoms with E-state index in [0.717, 1.165) is 5.56 Å². The van der Waals surface area contributed by atoms with Gasteiger partial charge in [-0.2, -0.15) is 5.48 Å². The normalized spacial score (nSPS) is 9.40. The highest BCUT2D eigenvalue weighted by atomic mass is 16.7. The summed E-state index contributed by atoms with van der Waals surface area (Å²) in [5.41, 5.74) is 2.97. The second-order valence-electron chi connectivity index (χ2n) is 3.02. The lowest BCUT2D eigenvalue weighted by molar-refractivity contribution is -0.157. The van der Waals surface area contributed by atoms with E-state index < -0.39 is 5.97 Å². The van der Waals surface area contributed by atoms with E-state index in [9.17, 15) is 9.59 Å². The molecule has 0 heterocycles. The second-order valence-corrected chi connectivity index (χ2v) is 3.02. The fourth-order valence-corrected chi connectivity index (χ4v) is 1.00. The summed E-state index contributed by atoms with van der Waals surface area (Å²) in [4.78, 5) is 26.5. The summed E-state index contributed by atoms with van der Waals surface area (Å²) >= 11 is 0. The molecule has 1 aromatic carbocycles. The molecule has 1 N–H and O–H groups in total. The highest BCUT2D eigenvalue weighted by molar-refractivity contribution is 5.79. The highest BCUT2D eigenvalue weighted by Crippen LogP contribution is 1.99. The van der Waals surface area contributed by atoms with E-state index in [1.54, 1.807) is 6.92 Å². The predicted octanol–water partition coefficient (Wildman–Crippen LogP) is 1.21. The molecule has 0 aromatic heterocycles. The predicted molar refractivity (Wildman–Crippen MR) is 54.7 cm³/mol. The standard InChI is InChI=1S/C11H13NO3/c1-2-11(14)15-12-10(13)8-9-6-4-3-5-7-9/h3-7H,2,8H2,1H3,(H,12,13). The number of rotatable bonds is 3. The number of hydroxylamine groups is 1. The average Bonchev–Trinajstić information content (AvgIpc) is 2.27. The number of hydrogen-bond donors (Lipinski definition) is 1. The maximum Gasteiger partial charge on any atom is 0.331 e. The van der Waals surface area contributed by atoms with Gasteiger partial charge < -0.3 is 4.84 Å². The number of carbonyl (C=O) groups is 2. The highest BCUT2D eigenvalue weighted by Gasteiger charge is 2.05. The molecular weight excluding hydrogens is 194 g/mol. The lowest BCUT2D eigenvalue weighted by atomic mass is 10.1. The molecule has 0 aliphatic rings. The van der Waals surface area contributed by atoms with E-state index in [-0.39, 0.29) is 18.7 Å². The quantitative estimate of drug-likeness (QED) is 0.758. The molecule has 0 unspecified atom stereocenters. The van der Waals surface area contributed by atoms with E-state index in [0.29, 0.717) is 0 Å². The van der Waals surface area contributed by atoms with Gasteiger partial charge in [0.15, 0.2) is 0 Å². The summed E-state index contributed by atoms with van der Waals surface area (Å²) < 4.78 is 0. The lowest BCUT2D eigenvalue weighted by Crippen LogP contribution is -2.28. The number of nitrogens with one attached hydrogen (secondary N) is 1. The third-order valence-electron chi connectivity index (χ3n) is 1.77. The van der Waals surface area contributed by atoms with Crippen molar-refractivity contribution in [3.8, 4) is 0 Å². The monoisotopic (exact) mass is 207 g/mol. The Kier molecular flexibility index (Phi) is 4.34. The van der Waals surface area contributed by atoms with Gasteiger partial charge in [-0.3, -0.25) is 4.79 Å². The smallest absolute Gasteiger partial charge is 0.331 e. The fraction of sp³-hybridized carbons (Fsp3) is 0.273. The van der Waals surface area contributed by atoms with Crippen molar-refractivity contribution in [2.24, 2.45) is 0 Å². The molecule has 0 aliphatic carbocycles. The van der Waals surface area contributed by atoms with Crippen molar-refractivity contribution in [2.75, 3.05) is 0 Å². The van der Waals surface area contributed by atoms with Crippen molar-refractivity contribution in [3.63, 3.8) is 0 Å². The largest absolute Gasteiger partial charge is 0.341 e. The van der Waals surface area contributed by atoms with E-state index >= 15 is 0 Å². The number of hydrogen-bond acceptors (Lipinski definition) is 3. The van der Waals surface area contributed by atoms with Crippen LogP contribution in [0.5, 0.6) is 0 Å². The first-order chi connectivity index (χ1) is 7.22. The van der Waals surface area contributed by atoms with Crippen molar-refractivity contribution < 1.29 is 14.4 Å². The Hall–Kier alpha value is -1.84. The van der Waals surface area contributed by atoms with Gasteiger partial charge in [0, 0.05) is 6.42 Å². The Balaban J connectivity index is 2.34. The zero-order valence-electron chi connectivity index (χ0n) is 8.53. The Morgan fingerprint density at radius 2 is 1.93 bits per heavy atom. The molecule has 0 fully saturated rings. The Labute approximate surface area is 88.2 Å². The van der Waals surface area contributed by atoms with E-state index in [2.05, 4.69) is 10.3 Å². The summed E-state index contributed by atoms with van der Waals surface area (Å²) in [5.74, 6) is -0.778. The van der Waals surface area contributed by atoms with Crippen molar-refractivity contribution in [1.82, 2.24) is 5.48 Å². The Morgan fingerprint density at radius 3 is 2.53 bits per heavy atom.